The van der Waals surface area contributed by atoms with Gasteiger partial charge in [-0.1, -0.05) is 79.6 Å². The van der Waals surface area contributed by atoms with Crippen molar-refractivity contribution in [1.29, 1.82) is 0 Å². The van der Waals surface area contributed by atoms with Gasteiger partial charge in [0.2, 0.25) is 0 Å². The maximum atomic E-state index is 2.64. The number of rotatable bonds is 12. The van der Waals surface area contributed by atoms with Gasteiger partial charge < -0.3 is 4.90 Å². The van der Waals surface area contributed by atoms with Crippen molar-refractivity contribution < 1.29 is 0 Å². The molecule has 0 saturated heterocycles. The molecule has 0 aromatic heterocycles. The lowest BCUT2D eigenvalue weighted by Crippen LogP contribution is -2.27. The zero-order chi connectivity index (χ0) is 14.8. The van der Waals surface area contributed by atoms with Gasteiger partial charge in [-0.2, -0.15) is 0 Å². The summed E-state index contributed by atoms with van der Waals surface area (Å²) in [4.78, 5) is 2.64. The molecule has 0 unspecified atom stereocenters. The molecule has 0 atom stereocenters. The van der Waals surface area contributed by atoms with E-state index in [-0.39, 0.29) is 34.0 Å². The Hall–Kier alpha value is 0.920. The summed E-state index contributed by atoms with van der Waals surface area (Å²) in [5.41, 5.74) is 0. The van der Waals surface area contributed by atoms with E-state index in [1.54, 1.807) is 0 Å². The number of hydrogen-bond acceptors (Lipinski definition) is 1. The summed E-state index contributed by atoms with van der Waals surface area (Å²) in [6, 6.07) is 0. The molecule has 0 fully saturated rings. The summed E-state index contributed by atoms with van der Waals surface area (Å²) < 4.78 is 0. The first-order valence-electron chi connectivity index (χ1n) is 8.98. The third kappa shape index (κ3) is 29.5. The fourth-order valence-corrected chi connectivity index (χ4v) is 1.98. The van der Waals surface area contributed by atoms with Crippen molar-refractivity contribution in [3.63, 3.8) is 0 Å². The van der Waals surface area contributed by atoms with Gasteiger partial charge >= 0.3 is 0 Å². The lowest BCUT2D eigenvalue weighted by atomic mass is 10.2. The molecule has 0 saturated carbocycles. The van der Waals surface area contributed by atoms with E-state index in [9.17, 15) is 0 Å². The molecule has 0 heterocycles. The van der Waals surface area contributed by atoms with Gasteiger partial charge in [0.05, 0.1) is 0 Å². The molecule has 0 bridgehead atoms. The molecule has 0 rings (SSSR count). The van der Waals surface area contributed by atoms with Gasteiger partial charge in [-0.3, -0.25) is 0 Å². The minimum Gasteiger partial charge on any atom is -0.303 e. The molecule has 0 N–H and O–H groups in total. The standard InChI is InChI=1S/C12H27N.C6H14.2BrH/c1-4-7-10-13(11-8-5-2)12-9-6-3;1-3-5-6-4-2;;/h4-12H2,1-3H3;3-6H2,1-2H3;2*1H. The Bertz CT molecular complexity index is 120. The van der Waals surface area contributed by atoms with Crippen LogP contribution in [0.4, 0.5) is 0 Å². The van der Waals surface area contributed by atoms with Crippen LogP contribution >= 0.6 is 34.0 Å². The Morgan fingerprint density at radius 1 is 0.429 bits per heavy atom. The van der Waals surface area contributed by atoms with Crippen LogP contribution in [-0.4, -0.2) is 24.5 Å². The smallest absolute Gasteiger partial charge is 0.00188 e. The fourth-order valence-electron chi connectivity index (χ4n) is 1.98. The van der Waals surface area contributed by atoms with Gasteiger partial charge in [0.25, 0.3) is 0 Å². The van der Waals surface area contributed by atoms with E-state index in [4.69, 9.17) is 0 Å². The topological polar surface area (TPSA) is 3.24 Å². The second-order valence-corrected chi connectivity index (χ2v) is 5.61. The van der Waals surface area contributed by atoms with Crippen LogP contribution in [0.25, 0.3) is 0 Å². The quantitative estimate of drug-likeness (QED) is 0.289. The summed E-state index contributed by atoms with van der Waals surface area (Å²) in [7, 11) is 0. The SMILES string of the molecule is Br.Br.CCCCCC.CCCCN(CCCC)CCCC. The fraction of sp³-hybridized carbons (Fsp3) is 1.00. The average Bonchev–Trinajstić information content (AvgIpc) is 2.45. The molecule has 0 aliphatic carbocycles. The Morgan fingerprint density at radius 2 is 0.667 bits per heavy atom. The van der Waals surface area contributed by atoms with E-state index in [0.717, 1.165) is 0 Å². The highest BCUT2D eigenvalue weighted by Gasteiger charge is 2.01. The predicted octanol–water partition coefficient (Wildman–Crippen LogP) is 7.43. The third-order valence-electron chi connectivity index (χ3n) is 3.44. The third-order valence-corrected chi connectivity index (χ3v) is 3.44. The van der Waals surface area contributed by atoms with Crippen molar-refractivity contribution in [1.82, 2.24) is 4.90 Å². The molecule has 0 amide bonds. The second-order valence-electron chi connectivity index (χ2n) is 5.61. The molecule has 1 nitrogen and oxygen atoms in total. The summed E-state index contributed by atoms with van der Waals surface area (Å²) in [6.07, 6.45) is 13.6. The van der Waals surface area contributed by atoms with Crippen LogP contribution in [0.5, 0.6) is 0 Å². The van der Waals surface area contributed by atoms with Crippen LogP contribution in [0.1, 0.15) is 98.8 Å². The van der Waals surface area contributed by atoms with Crippen molar-refractivity contribution >= 4 is 34.0 Å². The summed E-state index contributed by atoms with van der Waals surface area (Å²) in [5.74, 6) is 0. The molecule has 21 heavy (non-hydrogen) atoms. The van der Waals surface area contributed by atoms with Gasteiger partial charge in [-0.15, -0.1) is 34.0 Å². The van der Waals surface area contributed by atoms with Crippen molar-refractivity contribution in [2.24, 2.45) is 0 Å². The number of hydrogen-bond donors (Lipinski definition) is 0. The molecular weight excluding hydrogens is 390 g/mol. The highest BCUT2D eigenvalue weighted by atomic mass is 79.9. The van der Waals surface area contributed by atoms with Crippen LogP contribution in [0.2, 0.25) is 0 Å². The van der Waals surface area contributed by atoms with E-state index in [1.807, 2.05) is 0 Å². The Kier molecular flexibility index (Phi) is 41.2. The molecule has 0 aliphatic heterocycles. The van der Waals surface area contributed by atoms with Gasteiger partial charge in [-0.25, -0.2) is 0 Å². The summed E-state index contributed by atoms with van der Waals surface area (Å²) >= 11 is 0. The maximum Gasteiger partial charge on any atom is -0.00188 e. The monoisotopic (exact) mass is 431 g/mol. The summed E-state index contributed by atoms with van der Waals surface area (Å²) in [6.45, 7) is 15.2. The van der Waals surface area contributed by atoms with E-state index in [0.29, 0.717) is 0 Å². The van der Waals surface area contributed by atoms with E-state index in [1.165, 1.54) is 83.8 Å². The van der Waals surface area contributed by atoms with Gasteiger partial charge in [0.1, 0.15) is 0 Å². The molecular formula is C18H43Br2N. The van der Waals surface area contributed by atoms with Crippen molar-refractivity contribution in [3.05, 3.63) is 0 Å². The van der Waals surface area contributed by atoms with Crippen LogP contribution in [0.3, 0.4) is 0 Å². The van der Waals surface area contributed by atoms with Crippen molar-refractivity contribution in [2.45, 2.75) is 98.8 Å². The molecule has 0 aromatic carbocycles. The van der Waals surface area contributed by atoms with Crippen LogP contribution in [0.15, 0.2) is 0 Å². The second kappa shape index (κ2) is 29.0. The minimum absolute atomic E-state index is 0. The molecule has 0 aliphatic rings. The van der Waals surface area contributed by atoms with Gasteiger partial charge in [0.15, 0.2) is 0 Å². The molecule has 0 radical (unpaired) electrons. The zero-order valence-electron chi connectivity index (χ0n) is 15.5. The first kappa shape index (κ1) is 29.9. The number of unbranched alkanes of at least 4 members (excludes halogenated alkanes) is 6. The molecule has 0 aromatic rings. The van der Waals surface area contributed by atoms with E-state index < -0.39 is 0 Å². The van der Waals surface area contributed by atoms with E-state index >= 15 is 0 Å². The minimum atomic E-state index is 0. The maximum absolute atomic E-state index is 2.64. The lowest BCUT2D eigenvalue weighted by molar-refractivity contribution is 0.261. The normalized spacial score (nSPS) is 9.43. The largest absolute Gasteiger partial charge is 0.303 e. The van der Waals surface area contributed by atoms with E-state index in [2.05, 4.69) is 39.5 Å². The first-order valence-corrected chi connectivity index (χ1v) is 8.98. The van der Waals surface area contributed by atoms with Crippen LogP contribution in [-0.2, 0) is 0 Å². The highest BCUT2D eigenvalue weighted by Crippen LogP contribution is 2.01. The Morgan fingerprint density at radius 3 is 0.857 bits per heavy atom. The Balaban J connectivity index is -0.000000156. The molecule has 134 valence electrons. The van der Waals surface area contributed by atoms with Gasteiger partial charge in [-0.05, 0) is 38.9 Å². The number of nitrogens with zero attached hydrogens (tertiary/aromatic N) is 1. The van der Waals surface area contributed by atoms with Crippen molar-refractivity contribution in [2.75, 3.05) is 19.6 Å². The number of halogens is 2. The van der Waals surface area contributed by atoms with Gasteiger partial charge in [0, 0.05) is 0 Å². The Labute approximate surface area is 157 Å². The molecule has 3 heteroatoms. The molecule has 0 spiro atoms. The van der Waals surface area contributed by atoms with Crippen LogP contribution in [0, 0.1) is 0 Å². The first-order chi connectivity index (χ1) is 9.26. The highest BCUT2D eigenvalue weighted by molar-refractivity contribution is 8.93. The zero-order valence-corrected chi connectivity index (χ0v) is 18.9. The lowest BCUT2D eigenvalue weighted by Gasteiger charge is -2.21. The predicted molar refractivity (Wildman–Crippen MR) is 112 cm³/mol. The average molecular weight is 433 g/mol. The summed E-state index contributed by atoms with van der Waals surface area (Å²) in [5, 5.41) is 0. The van der Waals surface area contributed by atoms with Crippen LogP contribution < -0.4 is 0 Å². The van der Waals surface area contributed by atoms with Crippen molar-refractivity contribution in [3.8, 4) is 0 Å².